The molecule has 0 bridgehead atoms. The molecule has 1 aliphatic carbocycles. The van der Waals surface area contributed by atoms with Gasteiger partial charge >= 0.3 is 0 Å². The van der Waals surface area contributed by atoms with Crippen molar-refractivity contribution in [2.24, 2.45) is 0 Å². The van der Waals surface area contributed by atoms with Crippen molar-refractivity contribution in [3.63, 3.8) is 0 Å². The van der Waals surface area contributed by atoms with Crippen molar-refractivity contribution in [1.29, 1.82) is 0 Å². The second kappa shape index (κ2) is 6.06. The molecule has 4 nitrogen and oxygen atoms in total. The Morgan fingerprint density at radius 1 is 1.44 bits per heavy atom. The molecule has 1 N–H and O–H groups in total. The maximum Gasteiger partial charge on any atom is 0.264 e. The molecule has 5 heteroatoms. The molecular formula is C11H19NO3S. The van der Waals surface area contributed by atoms with Crippen LogP contribution in [0.5, 0.6) is 0 Å². The summed E-state index contributed by atoms with van der Waals surface area (Å²) in [6, 6.07) is 0. The first-order valence-electron chi connectivity index (χ1n) is 5.51. The van der Waals surface area contributed by atoms with E-state index in [4.69, 9.17) is 4.55 Å². The highest BCUT2D eigenvalue weighted by Crippen LogP contribution is 2.15. The number of rotatable bonds is 6. The summed E-state index contributed by atoms with van der Waals surface area (Å²) in [4.78, 5) is 2.15. The zero-order valence-electron chi connectivity index (χ0n) is 9.59. The Morgan fingerprint density at radius 2 is 2.19 bits per heavy atom. The lowest BCUT2D eigenvalue weighted by molar-refractivity contribution is 0.389. The van der Waals surface area contributed by atoms with Gasteiger partial charge in [0, 0.05) is 19.3 Å². The smallest absolute Gasteiger partial charge is 0.264 e. The Labute approximate surface area is 97.4 Å². The van der Waals surface area contributed by atoms with E-state index >= 15 is 0 Å². The molecule has 0 unspecified atom stereocenters. The van der Waals surface area contributed by atoms with E-state index in [1.807, 2.05) is 13.1 Å². The van der Waals surface area contributed by atoms with Crippen LogP contribution in [-0.2, 0) is 10.1 Å². The van der Waals surface area contributed by atoms with Crippen molar-refractivity contribution in [3.8, 4) is 0 Å². The molecule has 0 aromatic rings. The number of nitrogens with zero attached hydrogens (tertiary/aromatic N) is 1. The average Bonchev–Trinajstić information content (AvgIpc) is 2.24. The fourth-order valence-corrected chi connectivity index (χ4v) is 2.25. The predicted octanol–water partition coefficient (Wildman–Crippen LogP) is 1.82. The highest BCUT2D eigenvalue weighted by molar-refractivity contribution is 7.85. The normalized spacial score (nSPS) is 16.0. The minimum atomic E-state index is -3.79. The Bertz CT molecular complexity index is 371. The van der Waals surface area contributed by atoms with E-state index in [0.717, 1.165) is 25.8 Å². The van der Waals surface area contributed by atoms with Gasteiger partial charge in [-0.05, 0) is 31.8 Å². The maximum atomic E-state index is 10.5. The first kappa shape index (κ1) is 13.3. The summed E-state index contributed by atoms with van der Waals surface area (Å²) in [7, 11) is -1.78. The molecule has 0 radical (unpaired) electrons. The molecule has 0 aromatic carbocycles. The predicted molar refractivity (Wildman–Crippen MR) is 64.7 cm³/mol. The Morgan fingerprint density at radius 3 is 2.75 bits per heavy atom. The highest BCUT2D eigenvalue weighted by atomic mass is 32.2. The van der Waals surface area contributed by atoms with Crippen LogP contribution in [0.25, 0.3) is 0 Å². The van der Waals surface area contributed by atoms with Gasteiger partial charge in [-0.15, -0.1) is 0 Å². The largest absolute Gasteiger partial charge is 0.378 e. The fraction of sp³-hybridized carbons (Fsp3) is 0.636. The molecule has 16 heavy (non-hydrogen) atoms. The summed E-state index contributed by atoms with van der Waals surface area (Å²) >= 11 is 0. The van der Waals surface area contributed by atoms with E-state index in [9.17, 15) is 8.42 Å². The Kier molecular flexibility index (Phi) is 5.02. The minimum absolute atomic E-state index is 0.139. The molecule has 1 aliphatic rings. The van der Waals surface area contributed by atoms with E-state index in [2.05, 4.69) is 17.1 Å². The van der Waals surface area contributed by atoms with Crippen LogP contribution >= 0.6 is 0 Å². The van der Waals surface area contributed by atoms with Gasteiger partial charge in [0.2, 0.25) is 0 Å². The van der Waals surface area contributed by atoms with E-state index in [1.54, 1.807) is 0 Å². The Balaban J connectivity index is 2.22. The fourth-order valence-electron chi connectivity index (χ4n) is 1.69. The van der Waals surface area contributed by atoms with Gasteiger partial charge in [0.25, 0.3) is 10.1 Å². The molecule has 0 heterocycles. The van der Waals surface area contributed by atoms with Gasteiger partial charge in [0.15, 0.2) is 0 Å². The molecule has 0 aliphatic heterocycles. The van der Waals surface area contributed by atoms with Gasteiger partial charge in [-0.25, -0.2) is 0 Å². The van der Waals surface area contributed by atoms with Crippen LogP contribution in [-0.4, -0.2) is 37.2 Å². The lowest BCUT2D eigenvalue weighted by Crippen LogP contribution is -2.20. The summed E-state index contributed by atoms with van der Waals surface area (Å²) in [6.45, 7) is 0.829. The van der Waals surface area contributed by atoms with Gasteiger partial charge in [-0.3, -0.25) is 4.55 Å². The number of hydrogen-bond acceptors (Lipinski definition) is 3. The summed E-state index contributed by atoms with van der Waals surface area (Å²) in [5.74, 6) is -0.139. The molecule has 0 aromatic heterocycles. The SMILES string of the molecule is CN(CCCCS(=O)(=O)O)C1=CC=CCC1. The first-order valence-corrected chi connectivity index (χ1v) is 7.12. The summed E-state index contributed by atoms with van der Waals surface area (Å²) in [6.07, 6.45) is 9.67. The van der Waals surface area contributed by atoms with Gasteiger partial charge in [0.05, 0.1) is 5.75 Å². The van der Waals surface area contributed by atoms with Gasteiger partial charge in [-0.1, -0.05) is 12.2 Å². The third-order valence-electron chi connectivity index (χ3n) is 2.63. The van der Waals surface area contributed by atoms with Crippen molar-refractivity contribution in [3.05, 3.63) is 23.9 Å². The monoisotopic (exact) mass is 245 g/mol. The van der Waals surface area contributed by atoms with Crippen molar-refractivity contribution in [2.75, 3.05) is 19.3 Å². The molecule has 0 saturated heterocycles. The van der Waals surface area contributed by atoms with Crippen LogP contribution in [0, 0.1) is 0 Å². The van der Waals surface area contributed by atoms with E-state index in [0.29, 0.717) is 6.42 Å². The number of hydrogen-bond donors (Lipinski definition) is 1. The third-order valence-corrected chi connectivity index (χ3v) is 3.43. The lowest BCUT2D eigenvalue weighted by Gasteiger charge is -2.23. The number of allylic oxidation sites excluding steroid dienone is 4. The molecule has 0 fully saturated rings. The second-order valence-corrected chi connectivity index (χ2v) is 5.61. The second-order valence-electron chi connectivity index (χ2n) is 4.04. The topological polar surface area (TPSA) is 57.6 Å². The molecule has 0 amide bonds. The summed E-state index contributed by atoms with van der Waals surface area (Å²) < 4.78 is 29.6. The molecule has 1 rings (SSSR count). The zero-order chi connectivity index (χ0) is 12.0. The molecular weight excluding hydrogens is 226 g/mol. The highest BCUT2D eigenvalue weighted by Gasteiger charge is 2.07. The van der Waals surface area contributed by atoms with Gasteiger partial charge in [-0.2, -0.15) is 8.42 Å². The van der Waals surface area contributed by atoms with Crippen molar-refractivity contribution in [2.45, 2.75) is 25.7 Å². The van der Waals surface area contributed by atoms with Crippen molar-refractivity contribution >= 4 is 10.1 Å². The molecule has 0 atom stereocenters. The van der Waals surface area contributed by atoms with Crippen LogP contribution in [0.1, 0.15) is 25.7 Å². The summed E-state index contributed by atoms with van der Waals surface area (Å²) in [5.41, 5.74) is 1.29. The third kappa shape index (κ3) is 5.32. The van der Waals surface area contributed by atoms with Crippen LogP contribution in [0.3, 0.4) is 0 Å². The lowest BCUT2D eigenvalue weighted by atomic mass is 10.1. The standard InChI is InChI=1S/C11H19NO3S/c1-12(11-7-3-2-4-8-11)9-5-6-10-16(13,14)15/h2-3,7H,4-6,8-10H2,1H3,(H,13,14,15). The van der Waals surface area contributed by atoms with Crippen LogP contribution < -0.4 is 0 Å². The van der Waals surface area contributed by atoms with Crippen LogP contribution in [0.4, 0.5) is 0 Å². The molecule has 92 valence electrons. The Hall–Kier alpha value is -0.810. The summed E-state index contributed by atoms with van der Waals surface area (Å²) in [5, 5.41) is 0. The molecule has 0 saturated carbocycles. The average molecular weight is 245 g/mol. The minimum Gasteiger partial charge on any atom is -0.378 e. The number of unbranched alkanes of at least 4 members (excludes halogenated alkanes) is 1. The maximum absolute atomic E-state index is 10.5. The van der Waals surface area contributed by atoms with Crippen LogP contribution in [0.15, 0.2) is 23.9 Å². The quantitative estimate of drug-likeness (QED) is 0.573. The van der Waals surface area contributed by atoms with Gasteiger partial charge < -0.3 is 4.90 Å². The molecule has 0 spiro atoms. The van der Waals surface area contributed by atoms with Crippen LogP contribution in [0.2, 0.25) is 0 Å². The van der Waals surface area contributed by atoms with E-state index in [-0.39, 0.29) is 5.75 Å². The first-order chi connectivity index (χ1) is 7.49. The zero-order valence-corrected chi connectivity index (χ0v) is 10.4. The van der Waals surface area contributed by atoms with E-state index in [1.165, 1.54) is 5.70 Å². The van der Waals surface area contributed by atoms with Gasteiger partial charge in [0.1, 0.15) is 0 Å². The van der Waals surface area contributed by atoms with Crippen molar-refractivity contribution in [1.82, 2.24) is 4.90 Å². The van der Waals surface area contributed by atoms with E-state index < -0.39 is 10.1 Å². The van der Waals surface area contributed by atoms with Crippen molar-refractivity contribution < 1.29 is 13.0 Å².